The molecular weight excluding hydrogens is 308 g/mol. The molecule has 1 fully saturated rings. The Balaban J connectivity index is 1.78. The first-order valence-corrected chi connectivity index (χ1v) is 9.43. The lowest BCUT2D eigenvalue weighted by Crippen LogP contribution is -2.08. The number of thiophene rings is 1. The molecule has 0 unspecified atom stereocenters. The number of aromatic nitrogens is 2. The number of thioether (sulfide) groups is 1. The summed E-state index contributed by atoms with van der Waals surface area (Å²) in [5.74, 6) is 1.77. The first-order valence-electron chi connectivity index (χ1n) is 7.19. The molecule has 2 aromatic heterocycles. The fourth-order valence-electron chi connectivity index (χ4n) is 2.73. The van der Waals surface area contributed by atoms with Gasteiger partial charge in [-0.3, -0.25) is 0 Å². The molecule has 0 atom stereocenters. The Hall–Kier alpha value is -0.320. The van der Waals surface area contributed by atoms with Gasteiger partial charge in [0, 0.05) is 10.1 Å². The third kappa shape index (κ3) is 2.97. The number of hydrogen-bond donors (Lipinski definition) is 0. The van der Waals surface area contributed by atoms with Gasteiger partial charge in [0.25, 0.3) is 0 Å². The van der Waals surface area contributed by atoms with Crippen molar-refractivity contribution in [3.05, 3.63) is 21.4 Å². The Kier molecular flexibility index (Phi) is 4.53. The molecule has 0 spiro atoms. The van der Waals surface area contributed by atoms with E-state index < -0.39 is 0 Å². The lowest BCUT2D eigenvalue weighted by Gasteiger charge is -2.20. The molecule has 0 N–H and O–H groups in total. The van der Waals surface area contributed by atoms with Gasteiger partial charge in [0.1, 0.15) is 15.8 Å². The third-order valence-corrected chi connectivity index (χ3v) is 6.77. The summed E-state index contributed by atoms with van der Waals surface area (Å²) >= 11 is 10.1. The average Bonchev–Trinajstić information content (AvgIpc) is 2.73. The van der Waals surface area contributed by atoms with Crippen LogP contribution in [0.5, 0.6) is 0 Å². The topological polar surface area (TPSA) is 25.8 Å². The molecule has 1 aliphatic rings. The lowest BCUT2D eigenvalue weighted by atomic mass is 10.0. The predicted octanol–water partition coefficient (Wildman–Crippen LogP) is 5.53. The minimum atomic E-state index is 0.621. The summed E-state index contributed by atoms with van der Waals surface area (Å²) in [4.78, 5) is 11.5. The van der Waals surface area contributed by atoms with Gasteiger partial charge in [-0.1, -0.05) is 30.9 Å². The van der Waals surface area contributed by atoms with Crippen molar-refractivity contribution in [3.8, 4) is 0 Å². The minimum Gasteiger partial charge on any atom is -0.221 e. The number of halogens is 1. The second kappa shape index (κ2) is 6.20. The quantitative estimate of drug-likeness (QED) is 0.694. The van der Waals surface area contributed by atoms with Gasteiger partial charge in [0.15, 0.2) is 0 Å². The number of aryl methyl sites for hydroxylation is 2. The van der Waals surface area contributed by atoms with Gasteiger partial charge in [0.05, 0.1) is 11.1 Å². The zero-order chi connectivity index (χ0) is 14.1. The van der Waals surface area contributed by atoms with Gasteiger partial charge in [-0.15, -0.1) is 11.3 Å². The molecule has 0 saturated heterocycles. The maximum absolute atomic E-state index is 6.35. The molecule has 2 nitrogen and oxygen atoms in total. The van der Waals surface area contributed by atoms with Crippen molar-refractivity contribution in [3.63, 3.8) is 0 Å². The van der Waals surface area contributed by atoms with E-state index in [1.54, 1.807) is 11.3 Å². The highest BCUT2D eigenvalue weighted by Gasteiger charge is 2.16. The van der Waals surface area contributed by atoms with E-state index in [1.807, 2.05) is 11.8 Å². The fraction of sp³-hybridized carbons (Fsp3) is 0.600. The summed E-state index contributed by atoms with van der Waals surface area (Å²) in [6, 6.07) is 0. The highest BCUT2D eigenvalue weighted by atomic mass is 35.5. The lowest BCUT2D eigenvalue weighted by molar-refractivity contribution is 0.516. The largest absolute Gasteiger partial charge is 0.221 e. The molecule has 0 aliphatic heterocycles. The monoisotopic (exact) mass is 326 g/mol. The highest BCUT2D eigenvalue weighted by molar-refractivity contribution is 7.99. The number of nitrogens with zero attached hydrogens (tertiary/aromatic N) is 2. The van der Waals surface area contributed by atoms with E-state index >= 15 is 0 Å². The first-order chi connectivity index (χ1) is 9.65. The molecule has 2 aromatic rings. The fourth-order valence-corrected chi connectivity index (χ4v) is 5.34. The van der Waals surface area contributed by atoms with Crippen LogP contribution in [-0.4, -0.2) is 15.2 Å². The molecule has 0 aromatic carbocycles. The van der Waals surface area contributed by atoms with E-state index in [1.165, 1.54) is 42.5 Å². The summed E-state index contributed by atoms with van der Waals surface area (Å²) in [7, 11) is 0. The first kappa shape index (κ1) is 14.6. The normalized spacial score (nSPS) is 16.9. The van der Waals surface area contributed by atoms with Crippen LogP contribution in [0.4, 0.5) is 0 Å². The van der Waals surface area contributed by atoms with Crippen molar-refractivity contribution in [1.29, 1.82) is 0 Å². The van der Waals surface area contributed by atoms with E-state index in [0.29, 0.717) is 5.15 Å². The standard InChI is InChI=1S/C15H19ClN2S2/c1-9-10(2)20-15-13(9)14(16)17-12(18-15)8-19-11-6-4-3-5-7-11/h11H,3-8H2,1-2H3. The van der Waals surface area contributed by atoms with Crippen LogP contribution in [0.3, 0.4) is 0 Å². The molecule has 0 amide bonds. The van der Waals surface area contributed by atoms with E-state index in [4.69, 9.17) is 16.6 Å². The molecule has 0 bridgehead atoms. The Bertz CT molecular complexity index is 618. The molecule has 3 rings (SSSR count). The van der Waals surface area contributed by atoms with Crippen molar-refractivity contribution >= 4 is 44.9 Å². The molecule has 5 heteroatoms. The van der Waals surface area contributed by atoms with Crippen LogP contribution < -0.4 is 0 Å². The summed E-state index contributed by atoms with van der Waals surface area (Å²) in [6.07, 6.45) is 6.85. The predicted molar refractivity (Wildman–Crippen MR) is 90.1 cm³/mol. The molecule has 2 heterocycles. The molecule has 108 valence electrons. The summed E-state index contributed by atoms with van der Waals surface area (Å²) in [6.45, 7) is 4.22. The molecular formula is C15H19ClN2S2. The Labute approximate surface area is 133 Å². The number of fused-ring (bicyclic) bond motifs is 1. The van der Waals surface area contributed by atoms with Crippen LogP contribution in [0.15, 0.2) is 0 Å². The van der Waals surface area contributed by atoms with Crippen molar-refractivity contribution in [2.45, 2.75) is 57.0 Å². The van der Waals surface area contributed by atoms with E-state index in [9.17, 15) is 0 Å². The maximum Gasteiger partial charge on any atom is 0.141 e. The summed E-state index contributed by atoms with van der Waals surface area (Å²) < 4.78 is 0. The zero-order valence-electron chi connectivity index (χ0n) is 11.9. The summed E-state index contributed by atoms with van der Waals surface area (Å²) in [5.41, 5.74) is 1.22. The third-order valence-electron chi connectivity index (χ3n) is 4.03. The molecule has 20 heavy (non-hydrogen) atoms. The highest BCUT2D eigenvalue weighted by Crippen LogP contribution is 2.34. The second-order valence-corrected chi connectivity index (χ2v) is 8.31. The van der Waals surface area contributed by atoms with Crippen LogP contribution in [0.1, 0.15) is 48.4 Å². The van der Waals surface area contributed by atoms with Crippen LogP contribution in [0.25, 0.3) is 10.2 Å². The van der Waals surface area contributed by atoms with Crippen molar-refractivity contribution in [2.75, 3.05) is 0 Å². The average molecular weight is 327 g/mol. The molecule has 1 saturated carbocycles. The number of hydrogen-bond acceptors (Lipinski definition) is 4. The second-order valence-electron chi connectivity index (χ2n) is 5.47. The van der Waals surface area contributed by atoms with E-state index in [2.05, 4.69) is 18.8 Å². The van der Waals surface area contributed by atoms with Gasteiger partial charge < -0.3 is 0 Å². The van der Waals surface area contributed by atoms with Crippen LogP contribution in [0, 0.1) is 13.8 Å². The Morgan fingerprint density at radius 2 is 1.95 bits per heavy atom. The van der Waals surface area contributed by atoms with Gasteiger partial charge in [-0.05, 0) is 32.3 Å². The molecule has 1 aliphatic carbocycles. The Morgan fingerprint density at radius 3 is 2.70 bits per heavy atom. The van der Waals surface area contributed by atoms with Crippen molar-refractivity contribution in [1.82, 2.24) is 9.97 Å². The van der Waals surface area contributed by atoms with Gasteiger partial charge in [-0.2, -0.15) is 11.8 Å². The van der Waals surface area contributed by atoms with E-state index in [-0.39, 0.29) is 0 Å². The molecule has 0 radical (unpaired) electrons. The zero-order valence-corrected chi connectivity index (χ0v) is 14.3. The van der Waals surface area contributed by atoms with Crippen LogP contribution >= 0.6 is 34.7 Å². The van der Waals surface area contributed by atoms with Crippen molar-refractivity contribution < 1.29 is 0 Å². The SMILES string of the molecule is Cc1sc2nc(CSC3CCCCC3)nc(Cl)c2c1C. The Morgan fingerprint density at radius 1 is 1.20 bits per heavy atom. The minimum absolute atomic E-state index is 0.621. The van der Waals surface area contributed by atoms with Crippen molar-refractivity contribution in [2.24, 2.45) is 0 Å². The number of rotatable bonds is 3. The van der Waals surface area contributed by atoms with Crippen LogP contribution in [-0.2, 0) is 5.75 Å². The van der Waals surface area contributed by atoms with Gasteiger partial charge in [-0.25, -0.2) is 9.97 Å². The summed E-state index contributed by atoms with van der Waals surface area (Å²) in [5, 5.41) is 2.45. The maximum atomic E-state index is 6.35. The van der Waals surface area contributed by atoms with Gasteiger partial charge in [0.2, 0.25) is 0 Å². The smallest absolute Gasteiger partial charge is 0.141 e. The van der Waals surface area contributed by atoms with Crippen LogP contribution in [0.2, 0.25) is 5.15 Å². The van der Waals surface area contributed by atoms with Gasteiger partial charge >= 0.3 is 0 Å². The van der Waals surface area contributed by atoms with E-state index in [0.717, 1.165) is 27.0 Å².